The highest BCUT2D eigenvalue weighted by atomic mass is 79.9. The molecule has 0 radical (unpaired) electrons. The summed E-state index contributed by atoms with van der Waals surface area (Å²) in [6.07, 6.45) is 0.990. The number of rotatable bonds is 5. The predicted molar refractivity (Wildman–Crippen MR) is 84.4 cm³/mol. The summed E-state index contributed by atoms with van der Waals surface area (Å²) in [5, 5.41) is 12.4. The monoisotopic (exact) mass is 330 g/mol. The van der Waals surface area contributed by atoms with Crippen molar-refractivity contribution in [1.29, 1.82) is 5.26 Å². The first-order valence-corrected chi connectivity index (χ1v) is 7.22. The highest BCUT2D eigenvalue weighted by Crippen LogP contribution is 2.27. The van der Waals surface area contributed by atoms with Crippen LogP contribution in [-0.2, 0) is 0 Å². The van der Waals surface area contributed by atoms with Gasteiger partial charge in [0.25, 0.3) is 0 Å². The fourth-order valence-corrected chi connectivity index (χ4v) is 2.21. The van der Waals surface area contributed by atoms with Gasteiger partial charge in [0.05, 0.1) is 17.9 Å². The van der Waals surface area contributed by atoms with Crippen LogP contribution in [0.25, 0.3) is 0 Å². The van der Waals surface area contributed by atoms with Crippen LogP contribution in [0.1, 0.15) is 18.9 Å². The van der Waals surface area contributed by atoms with Crippen molar-refractivity contribution in [2.24, 2.45) is 0 Å². The highest BCUT2D eigenvalue weighted by Gasteiger charge is 2.06. The van der Waals surface area contributed by atoms with Gasteiger partial charge in [0, 0.05) is 10.2 Å². The number of hydrogen-bond donors (Lipinski definition) is 1. The van der Waals surface area contributed by atoms with Crippen LogP contribution >= 0.6 is 15.9 Å². The van der Waals surface area contributed by atoms with Gasteiger partial charge in [-0.3, -0.25) is 0 Å². The normalized spacial score (nSPS) is 9.85. The molecule has 0 atom stereocenters. The Bertz CT molecular complexity index is 617. The highest BCUT2D eigenvalue weighted by molar-refractivity contribution is 9.10. The molecule has 0 bridgehead atoms. The van der Waals surface area contributed by atoms with E-state index in [1.54, 1.807) is 0 Å². The lowest BCUT2D eigenvalue weighted by molar-refractivity contribution is 0.317. The largest absolute Gasteiger partial charge is 0.494 e. The minimum Gasteiger partial charge on any atom is -0.494 e. The number of nitriles is 1. The molecule has 3 nitrogen and oxygen atoms in total. The number of nitrogens with one attached hydrogen (secondary N) is 1. The second-order valence-electron chi connectivity index (χ2n) is 4.27. The third-order valence-corrected chi connectivity index (χ3v) is 3.39. The standard InChI is InChI=1S/C16H15BrN2O/c1-2-10-20-13-8-6-12(7-9-13)19-16-5-3-4-15(17)14(16)11-18/h3-9,19H,2,10H2,1H3. The molecule has 0 heterocycles. The van der Waals surface area contributed by atoms with E-state index in [9.17, 15) is 5.26 Å². The lowest BCUT2D eigenvalue weighted by atomic mass is 10.2. The molecule has 0 saturated heterocycles. The number of nitrogens with zero attached hydrogens (tertiary/aromatic N) is 1. The van der Waals surface area contributed by atoms with E-state index < -0.39 is 0 Å². The quantitative estimate of drug-likeness (QED) is 0.851. The van der Waals surface area contributed by atoms with E-state index in [0.29, 0.717) is 5.56 Å². The van der Waals surface area contributed by atoms with Crippen molar-refractivity contribution >= 4 is 27.3 Å². The molecule has 102 valence electrons. The molecule has 0 unspecified atom stereocenters. The summed E-state index contributed by atoms with van der Waals surface area (Å²) in [5.41, 5.74) is 2.30. The molecule has 20 heavy (non-hydrogen) atoms. The van der Waals surface area contributed by atoms with Gasteiger partial charge in [-0.15, -0.1) is 0 Å². The molecule has 0 fully saturated rings. The molecule has 1 N–H and O–H groups in total. The molecule has 0 spiro atoms. The molecule has 0 aromatic heterocycles. The third kappa shape index (κ3) is 3.52. The first-order chi connectivity index (χ1) is 9.74. The molecule has 0 amide bonds. The summed E-state index contributed by atoms with van der Waals surface area (Å²) >= 11 is 3.38. The molecule has 2 aromatic carbocycles. The van der Waals surface area contributed by atoms with Crippen LogP contribution in [0.15, 0.2) is 46.9 Å². The summed E-state index contributed by atoms with van der Waals surface area (Å²) in [5.74, 6) is 0.854. The lowest BCUT2D eigenvalue weighted by Gasteiger charge is -2.10. The minimum atomic E-state index is 0.596. The van der Waals surface area contributed by atoms with Gasteiger partial charge in [0.15, 0.2) is 0 Å². The molecule has 2 rings (SSSR count). The zero-order valence-electron chi connectivity index (χ0n) is 11.2. The molecule has 0 saturated carbocycles. The molecule has 2 aromatic rings. The number of hydrogen-bond acceptors (Lipinski definition) is 3. The first-order valence-electron chi connectivity index (χ1n) is 6.43. The molecule has 0 aliphatic rings. The van der Waals surface area contributed by atoms with Gasteiger partial charge in [-0.1, -0.05) is 13.0 Å². The second kappa shape index (κ2) is 6.97. The summed E-state index contributed by atoms with van der Waals surface area (Å²) in [6.45, 7) is 2.80. The second-order valence-corrected chi connectivity index (χ2v) is 5.13. The van der Waals surface area contributed by atoms with Crippen molar-refractivity contribution in [3.8, 4) is 11.8 Å². The number of benzene rings is 2. The van der Waals surface area contributed by atoms with Crippen molar-refractivity contribution in [2.45, 2.75) is 13.3 Å². The SMILES string of the molecule is CCCOc1ccc(Nc2cccc(Br)c2C#N)cc1. The van der Waals surface area contributed by atoms with E-state index in [4.69, 9.17) is 4.74 Å². The average Bonchev–Trinajstić information content (AvgIpc) is 2.47. The van der Waals surface area contributed by atoms with Gasteiger partial charge in [0.1, 0.15) is 11.8 Å². The zero-order valence-corrected chi connectivity index (χ0v) is 12.8. The number of ether oxygens (including phenoxy) is 1. The van der Waals surface area contributed by atoms with Crippen LogP contribution in [0.5, 0.6) is 5.75 Å². The van der Waals surface area contributed by atoms with Gasteiger partial charge in [-0.2, -0.15) is 5.26 Å². The summed E-state index contributed by atoms with van der Waals surface area (Å²) in [7, 11) is 0. The minimum absolute atomic E-state index is 0.596. The van der Waals surface area contributed by atoms with Crippen molar-refractivity contribution in [1.82, 2.24) is 0 Å². The maximum absolute atomic E-state index is 9.18. The van der Waals surface area contributed by atoms with E-state index in [1.807, 2.05) is 42.5 Å². The van der Waals surface area contributed by atoms with Gasteiger partial charge in [0.2, 0.25) is 0 Å². The maximum Gasteiger partial charge on any atom is 0.119 e. The number of halogens is 1. The van der Waals surface area contributed by atoms with Crippen LogP contribution in [-0.4, -0.2) is 6.61 Å². The van der Waals surface area contributed by atoms with Crippen LogP contribution < -0.4 is 10.1 Å². The Hall–Kier alpha value is -1.99. The Morgan fingerprint density at radius 1 is 1.20 bits per heavy atom. The molecular formula is C16H15BrN2O. The Kier molecular flexibility index (Phi) is 5.03. The van der Waals surface area contributed by atoms with Gasteiger partial charge >= 0.3 is 0 Å². The Labute approximate surface area is 127 Å². The fraction of sp³-hybridized carbons (Fsp3) is 0.188. The van der Waals surface area contributed by atoms with Crippen molar-refractivity contribution in [2.75, 3.05) is 11.9 Å². The fourth-order valence-electron chi connectivity index (χ4n) is 1.75. The molecule has 4 heteroatoms. The van der Waals surface area contributed by atoms with E-state index in [-0.39, 0.29) is 0 Å². The topological polar surface area (TPSA) is 45.0 Å². The summed E-state index contributed by atoms with van der Waals surface area (Å²) in [6, 6.07) is 15.5. The van der Waals surface area contributed by atoms with Crippen molar-refractivity contribution < 1.29 is 4.74 Å². The van der Waals surface area contributed by atoms with E-state index in [0.717, 1.165) is 34.6 Å². The van der Waals surface area contributed by atoms with Crippen molar-refractivity contribution in [3.63, 3.8) is 0 Å². The Morgan fingerprint density at radius 2 is 1.95 bits per heavy atom. The van der Waals surface area contributed by atoms with E-state index in [2.05, 4.69) is 34.2 Å². The van der Waals surface area contributed by atoms with Crippen LogP contribution in [0.3, 0.4) is 0 Å². The van der Waals surface area contributed by atoms with Crippen molar-refractivity contribution in [3.05, 3.63) is 52.5 Å². The van der Waals surface area contributed by atoms with E-state index in [1.165, 1.54) is 0 Å². The van der Waals surface area contributed by atoms with Crippen LogP contribution in [0, 0.1) is 11.3 Å². The molecular weight excluding hydrogens is 316 g/mol. The third-order valence-electron chi connectivity index (χ3n) is 2.73. The van der Waals surface area contributed by atoms with E-state index >= 15 is 0 Å². The molecule has 0 aliphatic carbocycles. The average molecular weight is 331 g/mol. The predicted octanol–water partition coefficient (Wildman–Crippen LogP) is 4.85. The Morgan fingerprint density at radius 3 is 2.60 bits per heavy atom. The summed E-state index contributed by atoms with van der Waals surface area (Å²) < 4.78 is 6.32. The van der Waals surface area contributed by atoms with Gasteiger partial charge in [-0.05, 0) is 58.7 Å². The first kappa shape index (κ1) is 14.4. The smallest absolute Gasteiger partial charge is 0.119 e. The van der Waals surface area contributed by atoms with Gasteiger partial charge in [-0.25, -0.2) is 0 Å². The molecule has 0 aliphatic heterocycles. The zero-order chi connectivity index (χ0) is 14.4. The summed E-state index contributed by atoms with van der Waals surface area (Å²) in [4.78, 5) is 0. The lowest BCUT2D eigenvalue weighted by Crippen LogP contribution is -1.96. The van der Waals surface area contributed by atoms with Gasteiger partial charge < -0.3 is 10.1 Å². The van der Waals surface area contributed by atoms with Crippen LogP contribution in [0.4, 0.5) is 11.4 Å². The Balaban J connectivity index is 2.15. The maximum atomic E-state index is 9.18. The van der Waals surface area contributed by atoms with Crippen LogP contribution in [0.2, 0.25) is 0 Å². The number of anilines is 2.